The molecule has 0 aliphatic rings. The average molecular weight is 314 g/mol. The molecule has 0 saturated carbocycles. The lowest BCUT2D eigenvalue weighted by molar-refractivity contribution is 0.198. The quantitative estimate of drug-likeness (QED) is 0.718. The van der Waals surface area contributed by atoms with Gasteiger partial charge < -0.3 is 15.4 Å². The summed E-state index contributed by atoms with van der Waals surface area (Å²) in [7, 11) is 1.71. The van der Waals surface area contributed by atoms with E-state index in [4.69, 9.17) is 4.74 Å². The van der Waals surface area contributed by atoms with Crippen LogP contribution in [0.4, 0.5) is 17.3 Å². The number of rotatable bonds is 8. The van der Waals surface area contributed by atoms with Gasteiger partial charge in [0.2, 0.25) is 0 Å². The predicted molar refractivity (Wildman–Crippen MR) is 95.6 cm³/mol. The summed E-state index contributed by atoms with van der Waals surface area (Å²) < 4.78 is 5.05. The molecular formula is C18H26N4O. The lowest BCUT2D eigenvalue weighted by Crippen LogP contribution is -2.07. The Morgan fingerprint density at radius 1 is 1.17 bits per heavy atom. The molecule has 0 unspecified atom stereocenters. The minimum absolute atomic E-state index is 0.450. The van der Waals surface area contributed by atoms with Gasteiger partial charge in [-0.05, 0) is 30.4 Å². The van der Waals surface area contributed by atoms with Crippen LogP contribution < -0.4 is 10.6 Å². The van der Waals surface area contributed by atoms with Crippen molar-refractivity contribution in [2.24, 2.45) is 0 Å². The summed E-state index contributed by atoms with van der Waals surface area (Å²) in [5.74, 6) is 2.06. The Morgan fingerprint density at radius 2 is 1.96 bits per heavy atom. The van der Waals surface area contributed by atoms with Crippen LogP contribution in [-0.2, 0) is 4.74 Å². The molecule has 0 fully saturated rings. The van der Waals surface area contributed by atoms with Crippen LogP contribution in [0.2, 0.25) is 0 Å². The number of nitrogens with zero attached hydrogens (tertiary/aromatic N) is 2. The number of anilines is 3. The van der Waals surface area contributed by atoms with Gasteiger partial charge in [0, 0.05) is 32.0 Å². The number of para-hydroxylation sites is 1. The second-order valence-corrected chi connectivity index (χ2v) is 5.88. The molecule has 23 heavy (non-hydrogen) atoms. The van der Waals surface area contributed by atoms with E-state index in [1.807, 2.05) is 6.07 Å². The van der Waals surface area contributed by atoms with Crippen molar-refractivity contribution in [1.82, 2.24) is 9.97 Å². The third kappa shape index (κ3) is 4.93. The number of aryl methyl sites for hydroxylation is 1. The second kappa shape index (κ2) is 8.48. The summed E-state index contributed by atoms with van der Waals surface area (Å²) in [6, 6.07) is 8.30. The Kier molecular flexibility index (Phi) is 6.35. The Hall–Kier alpha value is -2.14. The third-order valence-corrected chi connectivity index (χ3v) is 3.68. The first-order chi connectivity index (χ1) is 11.1. The van der Waals surface area contributed by atoms with E-state index >= 15 is 0 Å². The molecule has 0 aliphatic carbocycles. The van der Waals surface area contributed by atoms with Gasteiger partial charge in [0.1, 0.15) is 18.0 Å². The van der Waals surface area contributed by atoms with Crippen LogP contribution in [0.3, 0.4) is 0 Å². The largest absolute Gasteiger partial charge is 0.385 e. The van der Waals surface area contributed by atoms with Crippen molar-refractivity contribution >= 4 is 17.3 Å². The lowest BCUT2D eigenvalue weighted by atomic mass is 9.98. The van der Waals surface area contributed by atoms with E-state index in [0.29, 0.717) is 5.92 Å². The Bertz CT molecular complexity index is 628. The fraction of sp³-hybridized carbons (Fsp3) is 0.444. The number of methoxy groups -OCH3 is 1. The molecule has 0 spiro atoms. The Labute approximate surface area is 138 Å². The maximum Gasteiger partial charge on any atom is 0.135 e. The van der Waals surface area contributed by atoms with Crippen molar-refractivity contribution in [3.8, 4) is 0 Å². The van der Waals surface area contributed by atoms with E-state index in [1.54, 1.807) is 13.4 Å². The maximum atomic E-state index is 5.05. The van der Waals surface area contributed by atoms with E-state index in [1.165, 1.54) is 11.1 Å². The van der Waals surface area contributed by atoms with E-state index in [2.05, 4.69) is 59.6 Å². The number of hydrogen-bond acceptors (Lipinski definition) is 5. The number of benzene rings is 1. The molecule has 0 saturated heterocycles. The van der Waals surface area contributed by atoms with Crippen molar-refractivity contribution in [3.05, 3.63) is 41.7 Å². The molecule has 5 heteroatoms. The van der Waals surface area contributed by atoms with Gasteiger partial charge in [0.05, 0.1) is 0 Å². The Morgan fingerprint density at radius 3 is 2.70 bits per heavy atom. The highest BCUT2D eigenvalue weighted by Gasteiger charge is 2.10. The molecule has 1 heterocycles. The summed E-state index contributed by atoms with van der Waals surface area (Å²) >= 11 is 0. The predicted octanol–water partition coefficient (Wildman–Crippen LogP) is 4.10. The topological polar surface area (TPSA) is 59.1 Å². The molecule has 0 atom stereocenters. The minimum Gasteiger partial charge on any atom is -0.385 e. The zero-order chi connectivity index (χ0) is 16.7. The maximum absolute atomic E-state index is 5.05. The van der Waals surface area contributed by atoms with Gasteiger partial charge in [-0.25, -0.2) is 9.97 Å². The molecule has 0 radical (unpaired) electrons. The number of ether oxygens (including phenoxy) is 1. The summed E-state index contributed by atoms with van der Waals surface area (Å²) in [5.41, 5.74) is 3.63. The van der Waals surface area contributed by atoms with Crippen molar-refractivity contribution < 1.29 is 4.74 Å². The summed E-state index contributed by atoms with van der Waals surface area (Å²) in [6.07, 6.45) is 2.52. The van der Waals surface area contributed by atoms with E-state index in [-0.39, 0.29) is 0 Å². The molecule has 0 amide bonds. The zero-order valence-corrected chi connectivity index (χ0v) is 14.4. The molecule has 2 rings (SSSR count). The van der Waals surface area contributed by atoms with Gasteiger partial charge in [-0.2, -0.15) is 0 Å². The molecule has 124 valence electrons. The average Bonchev–Trinajstić information content (AvgIpc) is 2.54. The van der Waals surface area contributed by atoms with E-state index in [9.17, 15) is 0 Å². The highest BCUT2D eigenvalue weighted by molar-refractivity contribution is 5.66. The molecule has 2 N–H and O–H groups in total. The van der Waals surface area contributed by atoms with Gasteiger partial charge in [0.25, 0.3) is 0 Å². The first-order valence-corrected chi connectivity index (χ1v) is 8.03. The number of nitrogens with one attached hydrogen (secondary N) is 2. The van der Waals surface area contributed by atoms with Crippen LogP contribution in [-0.4, -0.2) is 30.2 Å². The van der Waals surface area contributed by atoms with Crippen molar-refractivity contribution in [3.63, 3.8) is 0 Å². The van der Waals surface area contributed by atoms with Gasteiger partial charge in [-0.3, -0.25) is 0 Å². The molecule has 2 aromatic rings. The van der Waals surface area contributed by atoms with Gasteiger partial charge in [-0.15, -0.1) is 0 Å². The smallest absolute Gasteiger partial charge is 0.135 e. The third-order valence-electron chi connectivity index (χ3n) is 3.68. The monoisotopic (exact) mass is 314 g/mol. The van der Waals surface area contributed by atoms with E-state index in [0.717, 1.165) is 36.9 Å². The van der Waals surface area contributed by atoms with E-state index < -0.39 is 0 Å². The first-order valence-electron chi connectivity index (χ1n) is 8.03. The molecule has 0 bridgehead atoms. The normalized spacial score (nSPS) is 10.8. The molecule has 0 aliphatic heterocycles. The zero-order valence-electron chi connectivity index (χ0n) is 14.4. The highest BCUT2D eigenvalue weighted by Crippen LogP contribution is 2.29. The van der Waals surface area contributed by atoms with Crippen molar-refractivity contribution in [1.29, 1.82) is 0 Å². The second-order valence-electron chi connectivity index (χ2n) is 5.88. The van der Waals surface area contributed by atoms with Gasteiger partial charge in [0.15, 0.2) is 0 Å². The van der Waals surface area contributed by atoms with Gasteiger partial charge >= 0.3 is 0 Å². The fourth-order valence-corrected chi connectivity index (χ4v) is 2.43. The summed E-state index contributed by atoms with van der Waals surface area (Å²) in [4.78, 5) is 8.59. The number of aromatic nitrogens is 2. The Balaban J connectivity index is 2.12. The standard InChI is InChI=1S/C18H26N4O/c1-13(2)15-8-5-7-14(3)18(15)22-17-11-16(20-12-21-17)19-9-6-10-23-4/h5,7-8,11-13H,6,9-10H2,1-4H3,(H2,19,20,21,22). The van der Waals surface area contributed by atoms with Gasteiger partial charge in [-0.1, -0.05) is 32.0 Å². The number of hydrogen-bond donors (Lipinski definition) is 2. The van der Waals surface area contributed by atoms with Crippen LogP contribution in [0.25, 0.3) is 0 Å². The fourth-order valence-electron chi connectivity index (χ4n) is 2.43. The van der Waals surface area contributed by atoms with Crippen LogP contribution >= 0.6 is 0 Å². The molecular weight excluding hydrogens is 288 g/mol. The summed E-state index contributed by atoms with van der Waals surface area (Å²) in [6.45, 7) is 8.07. The molecule has 5 nitrogen and oxygen atoms in total. The lowest BCUT2D eigenvalue weighted by Gasteiger charge is -2.17. The van der Waals surface area contributed by atoms with Crippen LogP contribution in [0.1, 0.15) is 37.3 Å². The highest BCUT2D eigenvalue weighted by atomic mass is 16.5. The van der Waals surface area contributed by atoms with Crippen molar-refractivity contribution in [2.45, 2.75) is 33.1 Å². The molecule has 1 aromatic carbocycles. The summed E-state index contributed by atoms with van der Waals surface area (Å²) in [5, 5.41) is 6.73. The molecule has 1 aromatic heterocycles. The van der Waals surface area contributed by atoms with Crippen molar-refractivity contribution in [2.75, 3.05) is 30.9 Å². The van der Waals surface area contributed by atoms with Crippen LogP contribution in [0, 0.1) is 6.92 Å². The van der Waals surface area contributed by atoms with Crippen LogP contribution in [0.5, 0.6) is 0 Å². The minimum atomic E-state index is 0.450. The SMILES string of the molecule is COCCCNc1cc(Nc2c(C)cccc2C(C)C)ncn1. The van der Waals surface area contributed by atoms with Crippen LogP contribution in [0.15, 0.2) is 30.6 Å². The first kappa shape index (κ1) is 17.2.